The first kappa shape index (κ1) is 14.0. The second-order valence-electron chi connectivity index (χ2n) is 6.55. The van der Waals surface area contributed by atoms with Gasteiger partial charge in [-0.25, -0.2) is 0 Å². The summed E-state index contributed by atoms with van der Waals surface area (Å²) in [6.07, 6.45) is 2.73. The molecule has 2 aromatic carbocycles. The molecule has 1 aliphatic carbocycles. The van der Waals surface area contributed by atoms with Crippen LogP contribution in [0.1, 0.15) is 37.3 Å². The van der Waals surface area contributed by atoms with Gasteiger partial charge in [0.25, 0.3) is 0 Å². The molecule has 2 aromatic rings. The first-order valence-corrected chi connectivity index (χ1v) is 8.03. The summed E-state index contributed by atoms with van der Waals surface area (Å²) in [6.45, 7) is 3.56. The number of ether oxygens (including phenoxy) is 1. The second-order valence-corrected chi connectivity index (χ2v) is 6.55. The Morgan fingerprint density at radius 1 is 1.05 bits per heavy atom. The van der Waals surface area contributed by atoms with Crippen LogP contribution in [0.15, 0.2) is 60.7 Å². The Morgan fingerprint density at radius 3 is 2.27 bits per heavy atom. The molecule has 22 heavy (non-hydrogen) atoms. The van der Waals surface area contributed by atoms with Gasteiger partial charge < -0.3 is 9.85 Å². The molecule has 2 nitrogen and oxygen atoms in total. The topological polar surface area (TPSA) is 29.5 Å². The summed E-state index contributed by atoms with van der Waals surface area (Å²) in [6, 6.07) is 20.4. The highest BCUT2D eigenvalue weighted by molar-refractivity contribution is 5.27. The highest BCUT2D eigenvalue weighted by Gasteiger charge is 2.53. The van der Waals surface area contributed by atoms with Crippen molar-refractivity contribution in [2.24, 2.45) is 5.41 Å². The normalized spacial score (nSPS) is 28.0. The Kier molecular flexibility index (Phi) is 3.96. The van der Waals surface area contributed by atoms with Gasteiger partial charge in [0.15, 0.2) is 0 Å². The number of rotatable bonds is 7. The minimum absolute atomic E-state index is 0.117. The van der Waals surface area contributed by atoms with Crippen LogP contribution in [0.3, 0.4) is 0 Å². The summed E-state index contributed by atoms with van der Waals surface area (Å²) < 4.78 is 13.5. The van der Waals surface area contributed by atoms with Gasteiger partial charge in [0.2, 0.25) is 1.43 Å². The lowest BCUT2D eigenvalue weighted by Gasteiger charge is -2.53. The fourth-order valence-electron chi connectivity index (χ4n) is 3.52. The van der Waals surface area contributed by atoms with Gasteiger partial charge in [0.05, 0.1) is 18.8 Å². The largest absolute Gasteiger partial charge is 0.385 e. The first-order chi connectivity index (χ1) is 11.2. The standard InChI is InChI=1S/C20H24O2/c1-2-19(16-22-13-17-9-5-3-6-10-17)14-20(21,15-19)18-11-7-4-8-12-18/h3-12,21H,2,13-16H2,1H3/i21D. The Morgan fingerprint density at radius 2 is 1.68 bits per heavy atom. The molecule has 1 saturated carbocycles. The van der Waals surface area contributed by atoms with Crippen LogP contribution in [0, 0.1) is 5.41 Å². The van der Waals surface area contributed by atoms with Crippen LogP contribution < -0.4 is 0 Å². The van der Waals surface area contributed by atoms with E-state index in [9.17, 15) is 0 Å². The van der Waals surface area contributed by atoms with Crippen LogP contribution >= 0.6 is 0 Å². The van der Waals surface area contributed by atoms with Gasteiger partial charge in [-0.1, -0.05) is 67.6 Å². The van der Waals surface area contributed by atoms with E-state index in [1.54, 1.807) is 0 Å². The third-order valence-electron chi connectivity index (χ3n) is 4.89. The van der Waals surface area contributed by atoms with Crippen molar-refractivity contribution < 1.29 is 9.85 Å². The summed E-state index contributed by atoms with van der Waals surface area (Å²) in [5, 5.41) is 5.18. The molecule has 3 rings (SSSR count). The molecule has 1 N–H and O–H groups in total. The predicted octanol–water partition coefficient (Wildman–Crippen LogP) is 4.28. The summed E-state index contributed by atoms with van der Waals surface area (Å²) in [4.78, 5) is 0. The lowest BCUT2D eigenvalue weighted by atomic mass is 9.56. The van der Waals surface area contributed by atoms with Gasteiger partial charge in [-0.05, 0) is 35.8 Å². The Bertz CT molecular complexity index is 606. The molecule has 0 amide bonds. The molecule has 0 saturated heterocycles. The van der Waals surface area contributed by atoms with Crippen molar-refractivity contribution in [2.45, 2.75) is 38.4 Å². The van der Waals surface area contributed by atoms with Crippen LogP contribution in [0.5, 0.6) is 0 Å². The van der Waals surface area contributed by atoms with E-state index in [2.05, 4.69) is 31.2 Å². The maximum atomic E-state index is 7.57. The molecular formula is C20H24O2. The summed E-state index contributed by atoms with van der Waals surface area (Å²) in [7, 11) is 0. The van der Waals surface area contributed by atoms with Crippen LogP contribution in [0.25, 0.3) is 0 Å². The van der Waals surface area contributed by atoms with Crippen molar-refractivity contribution in [3.8, 4) is 0 Å². The van der Waals surface area contributed by atoms with E-state index in [0.29, 0.717) is 6.61 Å². The molecule has 0 aliphatic heterocycles. The van der Waals surface area contributed by atoms with E-state index < -0.39 is 5.60 Å². The van der Waals surface area contributed by atoms with Crippen molar-refractivity contribution in [3.63, 3.8) is 0 Å². The van der Waals surface area contributed by atoms with Gasteiger partial charge in [0, 0.05) is 0 Å². The molecule has 0 aromatic heterocycles. The molecule has 0 unspecified atom stereocenters. The molecule has 0 radical (unpaired) electrons. The van der Waals surface area contributed by atoms with Crippen molar-refractivity contribution >= 4 is 0 Å². The molecule has 0 spiro atoms. The third kappa shape index (κ3) is 3.08. The van der Waals surface area contributed by atoms with E-state index in [1.807, 2.05) is 36.4 Å². The molecule has 0 atom stereocenters. The van der Waals surface area contributed by atoms with Crippen LogP contribution in [-0.4, -0.2) is 13.1 Å². The molecule has 116 valence electrons. The first-order valence-electron chi connectivity index (χ1n) is 8.44. The van der Waals surface area contributed by atoms with Crippen LogP contribution in [-0.2, 0) is 16.9 Å². The van der Waals surface area contributed by atoms with Crippen molar-refractivity contribution in [2.75, 3.05) is 6.61 Å². The summed E-state index contributed by atoms with van der Waals surface area (Å²) in [5.41, 5.74) is 1.95. The van der Waals surface area contributed by atoms with E-state index in [-0.39, 0.29) is 5.41 Å². The minimum atomic E-state index is -0.465. The number of benzene rings is 2. The smallest absolute Gasteiger partial charge is 0.211 e. The zero-order valence-corrected chi connectivity index (χ0v) is 13.1. The van der Waals surface area contributed by atoms with Crippen molar-refractivity contribution in [3.05, 3.63) is 71.8 Å². The maximum absolute atomic E-state index is 7.57. The zero-order chi connectivity index (χ0) is 16.2. The van der Waals surface area contributed by atoms with Gasteiger partial charge in [0.1, 0.15) is 0 Å². The number of aliphatic hydroxyl groups is 1. The lowest BCUT2D eigenvalue weighted by Crippen LogP contribution is -2.51. The highest BCUT2D eigenvalue weighted by atomic mass is 16.5. The maximum Gasteiger partial charge on any atom is 0.211 e. The SMILES string of the molecule is [2H]OC1(c2ccccc2)CC(CC)(COCc2ccccc2)C1. The zero-order valence-electron chi connectivity index (χ0n) is 14.1. The van der Waals surface area contributed by atoms with E-state index in [0.717, 1.165) is 31.4 Å². The number of hydrogen-bond acceptors (Lipinski definition) is 2. The van der Waals surface area contributed by atoms with E-state index in [1.165, 1.54) is 5.56 Å². The molecular weight excluding hydrogens is 272 g/mol. The van der Waals surface area contributed by atoms with Crippen molar-refractivity contribution in [1.82, 2.24) is 0 Å². The van der Waals surface area contributed by atoms with Gasteiger partial charge in [-0.2, -0.15) is 0 Å². The molecule has 1 aliphatic rings. The molecule has 0 heterocycles. The fourth-order valence-corrected chi connectivity index (χ4v) is 3.52. The minimum Gasteiger partial charge on any atom is -0.385 e. The second kappa shape index (κ2) is 6.23. The summed E-state index contributed by atoms with van der Waals surface area (Å²) in [5.74, 6) is 0. The number of hydrogen-bond donors (Lipinski definition) is 1. The highest BCUT2D eigenvalue weighted by Crippen LogP contribution is 2.56. The molecule has 0 bridgehead atoms. The quantitative estimate of drug-likeness (QED) is 0.826. The Balaban J connectivity index is 1.61. The van der Waals surface area contributed by atoms with Crippen LogP contribution in [0.2, 0.25) is 0 Å². The average molecular weight is 297 g/mol. The fraction of sp³-hybridized carbons (Fsp3) is 0.400. The Labute approximate surface area is 134 Å². The van der Waals surface area contributed by atoms with Crippen molar-refractivity contribution in [1.29, 1.82) is 1.43 Å². The third-order valence-corrected chi connectivity index (χ3v) is 4.89. The predicted molar refractivity (Wildman–Crippen MR) is 88.4 cm³/mol. The molecule has 2 heteroatoms. The summed E-state index contributed by atoms with van der Waals surface area (Å²) >= 11 is 0. The molecule has 1 fully saturated rings. The van der Waals surface area contributed by atoms with E-state index >= 15 is 0 Å². The lowest BCUT2D eigenvalue weighted by molar-refractivity contribution is -0.165. The van der Waals surface area contributed by atoms with E-state index in [4.69, 9.17) is 11.3 Å². The van der Waals surface area contributed by atoms with Gasteiger partial charge in [-0.15, -0.1) is 0 Å². The van der Waals surface area contributed by atoms with Crippen LogP contribution in [0.4, 0.5) is 0 Å². The average Bonchev–Trinajstić information content (AvgIpc) is 2.59. The Hall–Kier alpha value is -1.64. The van der Waals surface area contributed by atoms with Gasteiger partial charge >= 0.3 is 0 Å². The monoisotopic (exact) mass is 297 g/mol. The van der Waals surface area contributed by atoms with Gasteiger partial charge in [-0.3, -0.25) is 0 Å².